The summed E-state index contributed by atoms with van der Waals surface area (Å²) in [7, 11) is 1.74. The molecule has 1 unspecified atom stereocenters. The number of hydrogen-bond donors (Lipinski definition) is 2. The normalized spacial score (nSPS) is 12.0. The van der Waals surface area contributed by atoms with E-state index >= 15 is 0 Å². The van der Waals surface area contributed by atoms with Gasteiger partial charge in [0.05, 0.1) is 16.6 Å². The average Bonchev–Trinajstić information content (AvgIpc) is 2.80. The van der Waals surface area contributed by atoms with Gasteiger partial charge in [-0.1, -0.05) is 6.07 Å². The highest BCUT2D eigenvalue weighted by Gasteiger charge is 2.22. The predicted molar refractivity (Wildman–Crippen MR) is 89.0 cm³/mol. The van der Waals surface area contributed by atoms with Crippen molar-refractivity contribution >= 4 is 27.8 Å². The molecule has 1 aromatic carbocycles. The maximum Gasteiger partial charge on any atom is 0.326 e. The van der Waals surface area contributed by atoms with E-state index in [1.165, 1.54) is 12.1 Å². The summed E-state index contributed by atoms with van der Waals surface area (Å²) >= 11 is 3.04. The summed E-state index contributed by atoms with van der Waals surface area (Å²) in [4.78, 5) is 23.5. The van der Waals surface area contributed by atoms with Crippen LogP contribution in [0.5, 0.6) is 0 Å². The lowest BCUT2D eigenvalue weighted by atomic mass is 10.1. The van der Waals surface area contributed by atoms with Gasteiger partial charge in [0.1, 0.15) is 11.9 Å². The van der Waals surface area contributed by atoms with Crippen LogP contribution in [0.2, 0.25) is 0 Å². The number of carbonyl (C=O) groups is 2. The first-order chi connectivity index (χ1) is 11.3. The van der Waals surface area contributed by atoms with Gasteiger partial charge in [0, 0.05) is 19.7 Å². The molecule has 2 rings (SSSR count). The first kappa shape index (κ1) is 18.1. The van der Waals surface area contributed by atoms with Crippen molar-refractivity contribution in [1.29, 1.82) is 0 Å². The van der Waals surface area contributed by atoms with Crippen molar-refractivity contribution in [3.63, 3.8) is 0 Å². The van der Waals surface area contributed by atoms with Crippen molar-refractivity contribution in [2.24, 2.45) is 7.05 Å². The van der Waals surface area contributed by atoms with Gasteiger partial charge in [0.15, 0.2) is 0 Å². The Balaban J connectivity index is 2.04. The largest absolute Gasteiger partial charge is 0.480 e. The molecular formula is C16H17BrFN3O3. The number of rotatable bonds is 6. The van der Waals surface area contributed by atoms with Crippen molar-refractivity contribution in [3.05, 3.63) is 51.5 Å². The minimum absolute atomic E-state index is 0.0972. The number of benzene rings is 1. The second-order valence-electron chi connectivity index (χ2n) is 5.50. The molecule has 2 N–H and O–H groups in total. The van der Waals surface area contributed by atoms with E-state index in [9.17, 15) is 19.1 Å². The fourth-order valence-corrected chi connectivity index (χ4v) is 2.60. The summed E-state index contributed by atoms with van der Waals surface area (Å²) in [6.07, 6.45) is 1.76. The Labute approximate surface area is 146 Å². The number of aryl methyl sites for hydroxylation is 2. The van der Waals surface area contributed by atoms with Crippen molar-refractivity contribution in [2.75, 3.05) is 0 Å². The number of nitrogens with zero attached hydrogens (tertiary/aromatic N) is 2. The van der Waals surface area contributed by atoms with E-state index in [4.69, 9.17) is 0 Å². The van der Waals surface area contributed by atoms with Gasteiger partial charge in [0.25, 0.3) is 0 Å². The van der Waals surface area contributed by atoms with E-state index in [0.29, 0.717) is 15.7 Å². The SMILES string of the molecule is Cc1nn(C)cc1CC(NC(=O)Cc1ccc(Br)c(F)c1)C(=O)O. The van der Waals surface area contributed by atoms with E-state index in [2.05, 4.69) is 26.3 Å². The fraction of sp³-hybridized carbons (Fsp3) is 0.312. The Morgan fingerprint density at radius 3 is 2.71 bits per heavy atom. The Hall–Kier alpha value is -2.22. The van der Waals surface area contributed by atoms with E-state index in [0.717, 1.165) is 5.56 Å². The summed E-state index contributed by atoms with van der Waals surface area (Å²) in [5, 5.41) is 15.9. The van der Waals surface area contributed by atoms with Crippen molar-refractivity contribution < 1.29 is 19.1 Å². The Kier molecular flexibility index (Phi) is 5.71. The molecule has 0 fully saturated rings. The molecule has 0 aliphatic heterocycles. The Morgan fingerprint density at radius 2 is 2.17 bits per heavy atom. The molecule has 6 nitrogen and oxygen atoms in total. The summed E-state index contributed by atoms with van der Waals surface area (Å²) in [6, 6.07) is 3.28. The van der Waals surface area contributed by atoms with Crippen LogP contribution in [0.15, 0.2) is 28.9 Å². The highest BCUT2D eigenvalue weighted by atomic mass is 79.9. The number of amides is 1. The van der Waals surface area contributed by atoms with Crippen molar-refractivity contribution in [2.45, 2.75) is 25.8 Å². The third kappa shape index (κ3) is 4.64. The maximum absolute atomic E-state index is 13.5. The van der Waals surface area contributed by atoms with E-state index in [-0.39, 0.29) is 12.8 Å². The zero-order chi connectivity index (χ0) is 17.9. The number of carboxylic acids is 1. The van der Waals surface area contributed by atoms with Crippen LogP contribution in [-0.2, 0) is 29.5 Å². The van der Waals surface area contributed by atoms with E-state index < -0.39 is 23.7 Å². The summed E-state index contributed by atoms with van der Waals surface area (Å²) in [5.41, 5.74) is 1.93. The van der Waals surface area contributed by atoms with Gasteiger partial charge in [-0.3, -0.25) is 9.48 Å². The fourth-order valence-electron chi connectivity index (χ4n) is 2.35. The van der Waals surface area contributed by atoms with Gasteiger partial charge in [-0.2, -0.15) is 5.10 Å². The second-order valence-corrected chi connectivity index (χ2v) is 6.36. The highest BCUT2D eigenvalue weighted by molar-refractivity contribution is 9.10. The average molecular weight is 398 g/mol. The molecule has 0 spiro atoms. The van der Waals surface area contributed by atoms with Crippen LogP contribution >= 0.6 is 15.9 Å². The lowest BCUT2D eigenvalue weighted by Crippen LogP contribution is -2.43. The third-order valence-electron chi connectivity index (χ3n) is 3.52. The lowest BCUT2D eigenvalue weighted by Gasteiger charge is -2.14. The quantitative estimate of drug-likeness (QED) is 0.780. The number of aromatic nitrogens is 2. The standard InChI is InChI=1S/C16H17BrFN3O3/c1-9-11(8-21(2)20-9)7-14(16(23)24)19-15(22)6-10-3-4-12(17)13(18)5-10/h3-5,8,14H,6-7H2,1-2H3,(H,19,22)(H,23,24). The zero-order valence-corrected chi connectivity index (χ0v) is 14.8. The Morgan fingerprint density at radius 1 is 1.46 bits per heavy atom. The molecule has 1 amide bonds. The number of aliphatic carboxylic acids is 1. The first-order valence-electron chi connectivity index (χ1n) is 7.21. The third-order valence-corrected chi connectivity index (χ3v) is 4.16. The predicted octanol–water partition coefficient (Wildman–Crippen LogP) is 1.98. The first-order valence-corrected chi connectivity index (χ1v) is 8.00. The molecule has 1 atom stereocenters. The highest BCUT2D eigenvalue weighted by Crippen LogP contribution is 2.16. The van der Waals surface area contributed by atoms with Gasteiger partial charge in [0.2, 0.25) is 5.91 Å². The van der Waals surface area contributed by atoms with Crippen LogP contribution in [0.4, 0.5) is 4.39 Å². The topological polar surface area (TPSA) is 84.2 Å². The monoisotopic (exact) mass is 397 g/mol. The zero-order valence-electron chi connectivity index (χ0n) is 13.2. The number of carboxylic acid groups (broad SMARTS) is 1. The molecule has 0 bridgehead atoms. The van der Waals surface area contributed by atoms with E-state index in [1.54, 1.807) is 30.9 Å². The van der Waals surface area contributed by atoms with Gasteiger partial charge < -0.3 is 10.4 Å². The number of halogens is 2. The minimum Gasteiger partial charge on any atom is -0.480 e. The molecule has 0 saturated heterocycles. The molecule has 1 heterocycles. The molecule has 2 aromatic rings. The van der Waals surface area contributed by atoms with Gasteiger partial charge in [-0.15, -0.1) is 0 Å². The Bertz CT molecular complexity index is 776. The van der Waals surface area contributed by atoms with Crippen LogP contribution in [0.1, 0.15) is 16.8 Å². The molecule has 24 heavy (non-hydrogen) atoms. The van der Waals surface area contributed by atoms with Crippen LogP contribution in [0.3, 0.4) is 0 Å². The molecule has 0 saturated carbocycles. The minimum atomic E-state index is -1.13. The maximum atomic E-state index is 13.5. The molecule has 8 heteroatoms. The number of nitrogens with one attached hydrogen (secondary N) is 1. The summed E-state index contributed by atoms with van der Waals surface area (Å²) < 4.78 is 15.4. The van der Waals surface area contributed by atoms with Gasteiger partial charge in [-0.05, 0) is 46.1 Å². The van der Waals surface area contributed by atoms with Crippen molar-refractivity contribution in [3.8, 4) is 0 Å². The molecule has 128 valence electrons. The lowest BCUT2D eigenvalue weighted by molar-refractivity contribution is -0.141. The van der Waals surface area contributed by atoms with Crippen LogP contribution < -0.4 is 5.32 Å². The van der Waals surface area contributed by atoms with Gasteiger partial charge in [-0.25, -0.2) is 9.18 Å². The number of hydrogen-bond acceptors (Lipinski definition) is 3. The van der Waals surface area contributed by atoms with Gasteiger partial charge >= 0.3 is 5.97 Å². The summed E-state index contributed by atoms with van der Waals surface area (Å²) in [5.74, 6) is -2.08. The van der Waals surface area contributed by atoms with Crippen LogP contribution in [-0.4, -0.2) is 32.8 Å². The van der Waals surface area contributed by atoms with E-state index in [1.807, 2.05) is 0 Å². The second kappa shape index (κ2) is 7.57. The van der Waals surface area contributed by atoms with Crippen LogP contribution in [0.25, 0.3) is 0 Å². The molecular weight excluding hydrogens is 381 g/mol. The summed E-state index contributed by atoms with van der Waals surface area (Å²) in [6.45, 7) is 1.78. The van der Waals surface area contributed by atoms with Crippen molar-refractivity contribution in [1.82, 2.24) is 15.1 Å². The molecule has 0 radical (unpaired) electrons. The van der Waals surface area contributed by atoms with Crippen LogP contribution in [0, 0.1) is 12.7 Å². The molecule has 0 aliphatic carbocycles. The number of carbonyl (C=O) groups excluding carboxylic acids is 1. The molecule has 0 aliphatic rings. The molecule has 1 aromatic heterocycles. The smallest absolute Gasteiger partial charge is 0.326 e.